The van der Waals surface area contributed by atoms with Gasteiger partial charge in [-0.15, -0.1) is 0 Å². The molecule has 0 spiro atoms. The Morgan fingerprint density at radius 1 is 1.14 bits per heavy atom. The fourth-order valence-electron chi connectivity index (χ4n) is 2.48. The van der Waals surface area contributed by atoms with Crippen LogP contribution in [0.15, 0.2) is 42.5 Å². The number of nitrogens with one attached hydrogen (secondary N) is 1. The van der Waals surface area contributed by atoms with Crippen LogP contribution in [0.5, 0.6) is 5.75 Å². The van der Waals surface area contributed by atoms with E-state index in [-0.39, 0.29) is 16.3 Å². The molecule has 0 atom stereocenters. The van der Waals surface area contributed by atoms with Gasteiger partial charge in [-0.3, -0.25) is 9.10 Å². The van der Waals surface area contributed by atoms with Crippen molar-refractivity contribution in [3.05, 3.63) is 53.1 Å². The van der Waals surface area contributed by atoms with Crippen LogP contribution in [-0.4, -0.2) is 46.8 Å². The van der Waals surface area contributed by atoms with Crippen LogP contribution in [0, 0.1) is 0 Å². The Labute approximate surface area is 174 Å². The van der Waals surface area contributed by atoms with E-state index in [0.29, 0.717) is 18.0 Å². The monoisotopic (exact) mass is 440 g/mol. The Kier molecular flexibility index (Phi) is 7.46. The summed E-state index contributed by atoms with van der Waals surface area (Å²) >= 11 is 5.95. The molecule has 0 aliphatic heterocycles. The summed E-state index contributed by atoms with van der Waals surface area (Å²) in [7, 11) is -2.51. The number of carbonyl (C=O) groups is 2. The van der Waals surface area contributed by atoms with Gasteiger partial charge in [0.15, 0.2) is 0 Å². The summed E-state index contributed by atoms with van der Waals surface area (Å²) in [6.45, 7) is 1.86. The highest BCUT2D eigenvalue weighted by atomic mass is 35.5. The van der Waals surface area contributed by atoms with Crippen molar-refractivity contribution in [2.75, 3.05) is 36.1 Å². The minimum Gasteiger partial charge on any atom is -0.494 e. The smallest absolute Gasteiger partial charge is 0.339 e. The van der Waals surface area contributed by atoms with Crippen LogP contribution in [0.1, 0.15) is 17.3 Å². The molecule has 0 bridgehead atoms. The van der Waals surface area contributed by atoms with Crippen LogP contribution in [0.2, 0.25) is 5.02 Å². The van der Waals surface area contributed by atoms with Gasteiger partial charge in [-0.05, 0) is 49.4 Å². The molecule has 29 heavy (non-hydrogen) atoms. The highest BCUT2D eigenvalue weighted by Crippen LogP contribution is 2.23. The number of esters is 1. The average molecular weight is 441 g/mol. The number of carbonyl (C=O) groups excluding carboxylic acids is 2. The first kappa shape index (κ1) is 22.5. The third-order valence-electron chi connectivity index (χ3n) is 3.78. The molecular formula is C19H21ClN2O6S. The van der Waals surface area contributed by atoms with Crippen LogP contribution in [0.25, 0.3) is 0 Å². The molecule has 2 aromatic rings. The molecule has 0 saturated carbocycles. The Morgan fingerprint density at radius 3 is 2.34 bits per heavy atom. The van der Waals surface area contributed by atoms with Crippen molar-refractivity contribution in [2.24, 2.45) is 0 Å². The van der Waals surface area contributed by atoms with Gasteiger partial charge in [0.05, 0.1) is 36.2 Å². The quantitative estimate of drug-likeness (QED) is 0.633. The zero-order valence-electron chi connectivity index (χ0n) is 16.1. The van der Waals surface area contributed by atoms with Gasteiger partial charge in [-0.25, -0.2) is 13.2 Å². The fourth-order valence-corrected chi connectivity index (χ4v) is 3.53. The molecule has 0 aliphatic carbocycles. The Bertz CT molecular complexity index is 992. The van der Waals surface area contributed by atoms with E-state index in [1.807, 2.05) is 6.92 Å². The second-order valence-electron chi connectivity index (χ2n) is 5.93. The molecule has 0 heterocycles. The van der Waals surface area contributed by atoms with E-state index in [0.717, 1.165) is 10.6 Å². The lowest BCUT2D eigenvalue weighted by Gasteiger charge is -2.22. The first-order valence-corrected chi connectivity index (χ1v) is 10.8. The normalized spacial score (nSPS) is 10.9. The summed E-state index contributed by atoms with van der Waals surface area (Å²) in [6.07, 6.45) is 1.01. The largest absolute Gasteiger partial charge is 0.494 e. The summed E-state index contributed by atoms with van der Waals surface area (Å²) in [4.78, 5) is 24.2. The van der Waals surface area contributed by atoms with Gasteiger partial charge < -0.3 is 14.8 Å². The van der Waals surface area contributed by atoms with Gasteiger partial charge in [0.2, 0.25) is 15.9 Å². The molecule has 1 amide bonds. The molecular weight excluding hydrogens is 420 g/mol. The molecule has 0 saturated heterocycles. The maximum absolute atomic E-state index is 12.5. The maximum Gasteiger partial charge on any atom is 0.339 e. The highest BCUT2D eigenvalue weighted by molar-refractivity contribution is 7.92. The van der Waals surface area contributed by atoms with Gasteiger partial charge >= 0.3 is 5.97 Å². The highest BCUT2D eigenvalue weighted by Gasteiger charge is 2.21. The van der Waals surface area contributed by atoms with Gasteiger partial charge in [0.25, 0.3) is 0 Å². The number of anilines is 2. The number of methoxy groups -OCH3 is 1. The van der Waals surface area contributed by atoms with Crippen molar-refractivity contribution in [2.45, 2.75) is 6.92 Å². The molecule has 156 valence electrons. The summed E-state index contributed by atoms with van der Waals surface area (Å²) in [5.74, 6) is -0.661. The predicted molar refractivity (Wildman–Crippen MR) is 111 cm³/mol. The number of hydrogen-bond acceptors (Lipinski definition) is 6. The minimum absolute atomic E-state index is 0.0819. The van der Waals surface area contributed by atoms with Crippen molar-refractivity contribution in [3.63, 3.8) is 0 Å². The van der Waals surface area contributed by atoms with Gasteiger partial charge in [0, 0.05) is 5.69 Å². The molecule has 0 fully saturated rings. The van der Waals surface area contributed by atoms with E-state index in [1.54, 1.807) is 24.3 Å². The molecule has 1 N–H and O–H groups in total. The molecule has 0 aliphatic rings. The fraction of sp³-hybridized carbons (Fsp3) is 0.263. The standard InChI is InChI=1S/C19H21ClN2O6S/c1-4-28-15-8-6-14(7-9-15)22(29(3,25)26)12-18(23)21-13-5-10-17(20)16(11-13)19(24)27-2/h5-11H,4,12H2,1-3H3,(H,21,23). The second-order valence-corrected chi connectivity index (χ2v) is 8.24. The third-order valence-corrected chi connectivity index (χ3v) is 5.25. The van der Waals surface area contributed by atoms with E-state index in [2.05, 4.69) is 10.1 Å². The number of ether oxygens (including phenoxy) is 2. The molecule has 10 heteroatoms. The topological polar surface area (TPSA) is 102 Å². The summed E-state index contributed by atoms with van der Waals surface area (Å²) in [5, 5.41) is 2.72. The number of sulfonamides is 1. The van der Waals surface area contributed by atoms with Crippen molar-refractivity contribution >= 4 is 44.9 Å². The SMILES string of the molecule is CCOc1ccc(N(CC(=O)Nc2ccc(Cl)c(C(=O)OC)c2)S(C)(=O)=O)cc1. The van der Waals surface area contributed by atoms with Crippen LogP contribution >= 0.6 is 11.6 Å². The third kappa shape index (κ3) is 6.10. The average Bonchev–Trinajstić information content (AvgIpc) is 2.67. The van der Waals surface area contributed by atoms with Crippen LogP contribution in [-0.2, 0) is 19.6 Å². The van der Waals surface area contributed by atoms with Crippen molar-refractivity contribution in [1.82, 2.24) is 0 Å². The zero-order valence-corrected chi connectivity index (χ0v) is 17.7. The number of halogens is 1. The minimum atomic E-state index is -3.73. The predicted octanol–water partition coefficient (Wildman–Crippen LogP) is 2.93. The van der Waals surface area contributed by atoms with Crippen LogP contribution in [0.4, 0.5) is 11.4 Å². The van der Waals surface area contributed by atoms with E-state index < -0.39 is 28.4 Å². The summed E-state index contributed by atoms with van der Waals surface area (Å²) in [6, 6.07) is 10.6. The Balaban J connectivity index is 2.20. The molecule has 0 radical (unpaired) electrons. The maximum atomic E-state index is 12.5. The van der Waals surface area contributed by atoms with Crippen LogP contribution in [0.3, 0.4) is 0 Å². The Hall–Kier alpha value is -2.78. The van der Waals surface area contributed by atoms with Crippen molar-refractivity contribution < 1.29 is 27.5 Å². The summed E-state index contributed by atoms with van der Waals surface area (Å²) < 4.78 is 35.3. The number of nitrogens with zero attached hydrogens (tertiary/aromatic N) is 1. The second kappa shape index (κ2) is 9.62. The van der Waals surface area contributed by atoms with Gasteiger partial charge in [-0.1, -0.05) is 11.6 Å². The van der Waals surface area contributed by atoms with E-state index >= 15 is 0 Å². The van der Waals surface area contributed by atoms with E-state index in [1.165, 1.54) is 25.3 Å². The first-order chi connectivity index (χ1) is 13.7. The Morgan fingerprint density at radius 2 is 1.79 bits per heavy atom. The molecule has 2 aromatic carbocycles. The van der Waals surface area contributed by atoms with Gasteiger partial charge in [0.1, 0.15) is 12.3 Å². The van der Waals surface area contributed by atoms with Crippen LogP contribution < -0.4 is 14.4 Å². The van der Waals surface area contributed by atoms with Crippen molar-refractivity contribution in [3.8, 4) is 5.75 Å². The molecule has 8 nitrogen and oxygen atoms in total. The van der Waals surface area contributed by atoms with E-state index in [4.69, 9.17) is 16.3 Å². The lowest BCUT2D eigenvalue weighted by molar-refractivity contribution is -0.114. The zero-order chi connectivity index (χ0) is 21.6. The molecule has 2 rings (SSSR count). The first-order valence-electron chi connectivity index (χ1n) is 8.54. The number of rotatable bonds is 8. The number of hydrogen-bond donors (Lipinski definition) is 1. The molecule has 0 unspecified atom stereocenters. The molecule has 0 aromatic heterocycles. The van der Waals surface area contributed by atoms with Gasteiger partial charge in [-0.2, -0.15) is 0 Å². The lowest BCUT2D eigenvalue weighted by atomic mass is 10.2. The van der Waals surface area contributed by atoms with Crippen molar-refractivity contribution in [1.29, 1.82) is 0 Å². The lowest BCUT2D eigenvalue weighted by Crippen LogP contribution is -2.37. The number of amides is 1. The van der Waals surface area contributed by atoms with E-state index in [9.17, 15) is 18.0 Å². The number of benzene rings is 2. The summed E-state index contributed by atoms with van der Waals surface area (Å²) in [5.41, 5.74) is 0.677.